The Kier molecular flexibility index (Phi) is 9.42. The van der Waals surface area contributed by atoms with E-state index < -0.39 is 0 Å². The summed E-state index contributed by atoms with van der Waals surface area (Å²) in [6.45, 7) is 10.4. The fourth-order valence-corrected chi connectivity index (χ4v) is 8.15. The quantitative estimate of drug-likeness (QED) is 0.342. The van der Waals surface area contributed by atoms with E-state index in [-0.39, 0.29) is 5.92 Å². The number of nitrogen functional groups attached to an aromatic ring is 1. The minimum Gasteiger partial charge on any atom is -0.389 e. The predicted octanol–water partition coefficient (Wildman–Crippen LogP) is 5.42. The summed E-state index contributed by atoms with van der Waals surface area (Å²) in [7, 11) is 2.23. The molecule has 220 valence electrons. The van der Waals surface area contributed by atoms with Crippen LogP contribution in [-0.4, -0.2) is 65.9 Å². The van der Waals surface area contributed by atoms with Gasteiger partial charge in [0.1, 0.15) is 22.6 Å². The highest BCUT2D eigenvalue weighted by Gasteiger charge is 2.31. The van der Waals surface area contributed by atoms with Gasteiger partial charge in [0, 0.05) is 54.3 Å². The first-order valence-electron chi connectivity index (χ1n) is 15.5. The highest BCUT2D eigenvalue weighted by atomic mass is 32.1. The van der Waals surface area contributed by atoms with Crippen molar-refractivity contribution in [3.63, 3.8) is 0 Å². The highest BCUT2D eigenvalue weighted by molar-refractivity contribution is 7.16. The average Bonchev–Trinajstić information content (AvgIpc) is 3.54. The molecule has 0 spiro atoms. The third-order valence-electron chi connectivity index (χ3n) is 9.29. The first-order chi connectivity index (χ1) is 19.8. The van der Waals surface area contributed by atoms with Crippen LogP contribution in [0.5, 0.6) is 0 Å². The minimum atomic E-state index is 0.110. The second-order valence-corrected chi connectivity index (χ2v) is 13.3. The van der Waals surface area contributed by atoms with Gasteiger partial charge in [0.25, 0.3) is 0 Å². The molecule has 4 heterocycles. The van der Waals surface area contributed by atoms with E-state index >= 15 is 0 Å². The smallest absolute Gasteiger partial charge is 0.179 e. The molecule has 0 amide bonds. The molecule has 0 bridgehead atoms. The van der Waals surface area contributed by atoms with Crippen molar-refractivity contribution in [1.29, 1.82) is 10.7 Å². The summed E-state index contributed by atoms with van der Waals surface area (Å²) in [6, 6.07) is 5.54. The Morgan fingerprint density at radius 3 is 2.80 bits per heavy atom. The van der Waals surface area contributed by atoms with Gasteiger partial charge in [0.2, 0.25) is 0 Å². The molecular weight excluding hydrogens is 528 g/mol. The van der Waals surface area contributed by atoms with Crippen LogP contribution in [0.15, 0.2) is 17.2 Å². The van der Waals surface area contributed by atoms with Crippen molar-refractivity contribution in [1.82, 2.24) is 20.2 Å². The molecule has 41 heavy (non-hydrogen) atoms. The van der Waals surface area contributed by atoms with E-state index in [4.69, 9.17) is 15.7 Å². The minimum absolute atomic E-state index is 0.110. The zero-order chi connectivity index (χ0) is 29.1. The fraction of sp³-hybridized carbons (Fsp3) is 0.625. The molecule has 0 saturated carbocycles. The van der Waals surface area contributed by atoms with Crippen molar-refractivity contribution in [3.8, 4) is 6.07 Å². The van der Waals surface area contributed by atoms with Gasteiger partial charge in [0.05, 0.1) is 5.56 Å². The Morgan fingerprint density at radius 2 is 2.10 bits per heavy atom. The van der Waals surface area contributed by atoms with E-state index in [9.17, 15) is 10.7 Å². The zero-order valence-corrected chi connectivity index (χ0v) is 26.0. The maximum absolute atomic E-state index is 9.93. The Hall–Kier alpha value is -2.80. The van der Waals surface area contributed by atoms with Crippen molar-refractivity contribution in [2.45, 2.75) is 96.6 Å². The SMILES string of the molecule is CCC/C(C(=N)c1nc(CC[C@@H]2CCCN2C)cc(N2CCNC(C)C2)n1)=C(/C)C1CCCc2sc(N)c(C#N)c21. The third-order valence-corrected chi connectivity index (χ3v) is 10.4. The average molecular weight is 575 g/mol. The largest absolute Gasteiger partial charge is 0.389 e. The van der Waals surface area contributed by atoms with Gasteiger partial charge in [-0.2, -0.15) is 5.26 Å². The van der Waals surface area contributed by atoms with E-state index in [1.165, 1.54) is 29.8 Å². The monoisotopic (exact) mass is 574 g/mol. The van der Waals surface area contributed by atoms with Crippen molar-refractivity contribution in [2.24, 2.45) is 0 Å². The first-order valence-corrected chi connectivity index (χ1v) is 16.3. The van der Waals surface area contributed by atoms with Crippen LogP contribution in [-0.2, 0) is 12.8 Å². The number of fused-ring (bicyclic) bond motifs is 1. The molecule has 2 aromatic rings. The van der Waals surface area contributed by atoms with E-state index in [0.717, 1.165) is 87.2 Å². The number of nitrogens with zero attached hydrogens (tertiary/aromatic N) is 5. The Bertz CT molecular complexity index is 1340. The molecule has 2 fully saturated rings. The second-order valence-electron chi connectivity index (χ2n) is 12.2. The number of nitrogens with one attached hydrogen (secondary N) is 2. The molecule has 4 N–H and O–H groups in total. The van der Waals surface area contributed by atoms with E-state index in [2.05, 4.69) is 55.1 Å². The van der Waals surface area contributed by atoms with Gasteiger partial charge in [-0.25, -0.2) is 9.97 Å². The van der Waals surface area contributed by atoms with Crippen LogP contribution >= 0.6 is 11.3 Å². The van der Waals surface area contributed by atoms with Crippen LogP contribution in [0.3, 0.4) is 0 Å². The van der Waals surface area contributed by atoms with Crippen LogP contribution in [0.1, 0.15) is 99.2 Å². The first kappa shape index (κ1) is 29.7. The van der Waals surface area contributed by atoms with Gasteiger partial charge in [0.15, 0.2) is 5.82 Å². The molecule has 3 atom stereocenters. The van der Waals surface area contributed by atoms with E-state index in [0.29, 0.717) is 34.2 Å². The lowest BCUT2D eigenvalue weighted by molar-refractivity contribution is 0.296. The Morgan fingerprint density at radius 1 is 1.27 bits per heavy atom. The predicted molar refractivity (Wildman–Crippen MR) is 169 cm³/mol. The van der Waals surface area contributed by atoms with Crippen LogP contribution in [0.4, 0.5) is 10.8 Å². The molecule has 9 heteroatoms. The number of anilines is 2. The van der Waals surface area contributed by atoms with E-state index in [1.54, 1.807) is 11.3 Å². The number of piperazine rings is 1. The second kappa shape index (κ2) is 13.0. The number of nitriles is 1. The Balaban J connectivity index is 1.52. The number of hydrogen-bond acceptors (Lipinski definition) is 9. The summed E-state index contributed by atoms with van der Waals surface area (Å²) in [4.78, 5) is 16.2. The summed E-state index contributed by atoms with van der Waals surface area (Å²) < 4.78 is 0. The topological polar surface area (TPSA) is 118 Å². The lowest BCUT2D eigenvalue weighted by Gasteiger charge is -2.33. The normalized spacial score (nSPS) is 23.7. The molecule has 2 aliphatic heterocycles. The summed E-state index contributed by atoms with van der Waals surface area (Å²) in [5.74, 6) is 1.58. The molecule has 5 rings (SSSR count). The highest BCUT2D eigenvalue weighted by Crippen LogP contribution is 2.46. The van der Waals surface area contributed by atoms with Gasteiger partial charge in [-0.1, -0.05) is 18.9 Å². The van der Waals surface area contributed by atoms with Crippen molar-refractivity contribution >= 4 is 27.9 Å². The summed E-state index contributed by atoms with van der Waals surface area (Å²) >= 11 is 1.57. The lowest BCUT2D eigenvalue weighted by atomic mass is 9.78. The number of aromatic nitrogens is 2. The molecule has 2 aromatic heterocycles. The summed E-state index contributed by atoms with van der Waals surface area (Å²) in [6.07, 6.45) is 9.23. The van der Waals surface area contributed by atoms with Crippen LogP contribution in [0.25, 0.3) is 0 Å². The molecule has 2 saturated heterocycles. The van der Waals surface area contributed by atoms with Crippen LogP contribution < -0.4 is 16.0 Å². The third kappa shape index (κ3) is 6.35. The van der Waals surface area contributed by atoms with Crippen LogP contribution in [0, 0.1) is 16.7 Å². The molecular formula is C32H46N8S. The number of hydrogen-bond donors (Lipinski definition) is 3. The number of nitrogens with two attached hydrogens (primary N) is 1. The maximum atomic E-state index is 9.93. The van der Waals surface area contributed by atoms with Crippen molar-refractivity contribution < 1.29 is 0 Å². The summed E-state index contributed by atoms with van der Waals surface area (Å²) in [5, 5.41) is 23.6. The van der Waals surface area contributed by atoms with Gasteiger partial charge in [-0.3, -0.25) is 5.41 Å². The number of likely N-dealkylation sites (tertiary alicyclic amines) is 1. The molecule has 3 aliphatic rings. The standard InChI is InChI=1S/C32H46N8S/c1-5-8-25(21(3)24-10-6-11-27-29(24)26(18-33)31(35)41-27)30(34)32-37-22(12-13-23-9-7-15-39(23)4)17-28(38-32)40-16-14-36-20(2)19-40/h17,20,23-24,34,36H,5-16,19,35H2,1-4H3/b25-21+,34-30?/t20?,23-,24?/m0/s1. The number of rotatable bonds is 9. The number of aryl methyl sites for hydroxylation is 2. The zero-order valence-electron chi connectivity index (χ0n) is 25.2. The van der Waals surface area contributed by atoms with Crippen LogP contribution in [0.2, 0.25) is 0 Å². The van der Waals surface area contributed by atoms with Crippen molar-refractivity contribution in [3.05, 3.63) is 44.7 Å². The van der Waals surface area contributed by atoms with E-state index in [1.807, 2.05) is 0 Å². The van der Waals surface area contributed by atoms with Gasteiger partial charge >= 0.3 is 0 Å². The van der Waals surface area contributed by atoms with Gasteiger partial charge in [-0.15, -0.1) is 11.3 Å². The molecule has 1 aliphatic carbocycles. The molecule has 0 radical (unpaired) electrons. The molecule has 2 unspecified atom stereocenters. The lowest BCUT2D eigenvalue weighted by Crippen LogP contribution is -2.49. The Labute approximate surface area is 249 Å². The maximum Gasteiger partial charge on any atom is 0.179 e. The number of allylic oxidation sites excluding steroid dienone is 2. The van der Waals surface area contributed by atoms with Gasteiger partial charge < -0.3 is 20.9 Å². The van der Waals surface area contributed by atoms with Crippen molar-refractivity contribution in [2.75, 3.05) is 43.9 Å². The fourth-order valence-electron chi connectivity index (χ4n) is 7.02. The molecule has 0 aromatic carbocycles. The number of thiophene rings is 1. The van der Waals surface area contributed by atoms with Gasteiger partial charge in [-0.05, 0) is 89.9 Å². The summed E-state index contributed by atoms with van der Waals surface area (Å²) in [5.41, 5.74) is 11.7. The molecule has 8 nitrogen and oxygen atoms in total.